The number of rotatable bonds is 2. The Labute approximate surface area is 279 Å². The van der Waals surface area contributed by atoms with E-state index >= 15 is 0 Å². The van der Waals surface area contributed by atoms with Crippen molar-refractivity contribution in [2.75, 3.05) is 0 Å². The third kappa shape index (κ3) is 4.09. The number of hydrogen-bond acceptors (Lipinski definition) is 3. The summed E-state index contributed by atoms with van der Waals surface area (Å²) in [4.78, 5) is 5.56. The maximum absolute atomic E-state index is 5.56. The van der Waals surface area contributed by atoms with E-state index in [9.17, 15) is 0 Å². The standard InChI is InChI=1S/C44H36N4/c1-27-13-5-8-18-31(27)43-45-42(30-16-3-2-4-17-30)46-44(47-43)48-40-33-20-10-7-15-29(33)24-26-37(40)39-38-32-19-9-6-14-28(32)23-25-35(38)34-21-11-12-22-36(34)41(39)48/h2-7,9-17,19-27,31,42-43,45H,8,18H2,1H3,(H,46,47). The molecule has 10 rings (SSSR count). The van der Waals surface area contributed by atoms with Gasteiger partial charge >= 0.3 is 0 Å². The molecule has 2 aliphatic rings. The number of nitrogens with one attached hydrogen (secondary N) is 2. The van der Waals surface area contributed by atoms with Crippen LogP contribution in [0.2, 0.25) is 0 Å². The highest BCUT2D eigenvalue weighted by atomic mass is 15.4. The van der Waals surface area contributed by atoms with Crippen molar-refractivity contribution in [3.05, 3.63) is 145 Å². The molecule has 0 saturated carbocycles. The van der Waals surface area contributed by atoms with E-state index in [-0.39, 0.29) is 12.3 Å². The maximum atomic E-state index is 5.56. The average Bonchev–Trinajstić information content (AvgIpc) is 3.51. The highest BCUT2D eigenvalue weighted by Gasteiger charge is 2.34. The van der Waals surface area contributed by atoms with Gasteiger partial charge in [-0.3, -0.25) is 9.88 Å². The molecule has 4 nitrogen and oxygen atoms in total. The first-order valence-corrected chi connectivity index (χ1v) is 17.2. The molecule has 1 aliphatic heterocycles. The van der Waals surface area contributed by atoms with Gasteiger partial charge in [0.15, 0.2) is 0 Å². The summed E-state index contributed by atoms with van der Waals surface area (Å²) in [5, 5.41) is 20.6. The molecular formula is C44H36N4. The fraction of sp³-hybridized carbons (Fsp3) is 0.159. The van der Waals surface area contributed by atoms with Crippen LogP contribution in [0.15, 0.2) is 145 Å². The van der Waals surface area contributed by atoms with E-state index in [1.165, 1.54) is 70.5 Å². The SMILES string of the molecule is CC1C=CCCC1C1NC(n2c3c4ccccc4ccc3c3c4c5ccccc5ccc4c4ccccc4c32)=NC(c2ccccc2)N1. The van der Waals surface area contributed by atoms with E-state index < -0.39 is 0 Å². The van der Waals surface area contributed by atoms with Gasteiger partial charge in [-0.15, -0.1) is 0 Å². The summed E-state index contributed by atoms with van der Waals surface area (Å²) >= 11 is 0. The van der Waals surface area contributed by atoms with Crippen LogP contribution in [-0.2, 0) is 0 Å². The minimum Gasteiger partial charge on any atom is -0.340 e. The lowest BCUT2D eigenvalue weighted by atomic mass is 9.82. The highest BCUT2D eigenvalue weighted by Crippen LogP contribution is 2.45. The van der Waals surface area contributed by atoms with Crippen molar-refractivity contribution in [3.63, 3.8) is 0 Å². The average molecular weight is 621 g/mol. The number of fused-ring (bicyclic) bond motifs is 12. The smallest absolute Gasteiger partial charge is 0.206 e. The minimum absolute atomic E-state index is 0.0534. The van der Waals surface area contributed by atoms with Gasteiger partial charge in [0.05, 0.1) is 17.2 Å². The second-order valence-corrected chi connectivity index (χ2v) is 13.6. The van der Waals surface area contributed by atoms with Crippen molar-refractivity contribution in [1.29, 1.82) is 0 Å². The van der Waals surface area contributed by atoms with Gasteiger partial charge in [0, 0.05) is 26.9 Å². The molecule has 0 bridgehead atoms. The molecule has 0 radical (unpaired) electrons. The molecule has 0 fully saturated rings. The van der Waals surface area contributed by atoms with Crippen molar-refractivity contribution in [3.8, 4) is 0 Å². The highest BCUT2D eigenvalue weighted by molar-refractivity contribution is 6.39. The molecule has 0 saturated heterocycles. The normalized spacial score (nSPS) is 21.4. The van der Waals surface area contributed by atoms with Crippen LogP contribution in [0, 0.1) is 11.8 Å². The van der Waals surface area contributed by atoms with Gasteiger partial charge in [-0.2, -0.15) is 0 Å². The Kier molecular flexibility index (Phi) is 6.22. The van der Waals surface area contributed by atoms with Crippen LogP contribution >= 0.6 is 0 Å². The molecular weight excluding hydrogens is 585 g/mol. The summed E-state index contributed by atoms with van der Waals surface area (Å²) in [6.45, 7) is 2.35. The van der Waals surface area contributed by atoms with Crippen molar-refractivity contribution >= 4 is 70.9 Å². The van der Waals surface area contributed by atoms with Gasteiger partial charge in [-0.25, -0.2) is 4.99 Å². The Morgan fingerprint density at radius 1 is 0.604 bits per heavy atom. The molecule has 2 N–H and O–H groups in total. The first-order chi connectivity index (χ1) is 23.7. The molecule has 7 aromatic carbocycles. The Hall–Kier alpha value is -5.45. The van der Waals surface area contributed by atoms with E-state index in [0.717, 1.165) is 18.8 Å². The first-order valence-electron chi connectivity index (χ1n) is 17.2. The van der Waals surface area contributed by atoms with Crippen LogP contribution in [0.4, 0.5) is 0 Å². The van der Waals surface area contributed by atoms with Gasteiger partial charge in [0.2, 0.25) is 5.96 Å². The third-order valence-electron chi connectivity index (χ3n) is 10.9. The molecule has 1 aromatic heterocycles. The van der Waals surface area contributed by atoms with E-state index in [2.05, 4.69) is 162 Å². The molecule has 4 atom stereocenters. The predicted octanol–water partition coefficient (Wildman–Crippen LogP) is 10.4. The lowest BCUT2D eigenvalue weighted by Gasteiger charge is -2.39. The van der Waals surface area contributed by atoms with Crippen molar-refractivity contribution in [2.24, 2.45) is 16.8 Å². The van der Waals surface area contributed by atoms with Gasteiger partial charge in [-0.05, 0) is 57.2 Å². The van der Waals surface area contributed by atoms with E-state index in [1.807, 2.05) is 0 Å². The second kappa shape index (κ2) is 10.8. The predicted molar refractivity (Wildman–Crippen MR) is 203 cm³/mol. The van der Waals surface area contributed by atoms with Gasteiger partial charge in [-0.1, -0.05) is 146 Å². The molecule has 4 heteroatoms. The summed E-state index contributed by atoms with van der Waals surface area (Å²) in [5.74, 6) is 1.78. The summed E-state index contributed by atoms with van der Waals surface area (Å²) in [6.07, 6.45) is 6.83. The molecule has 2 heterocycles. The minimum atomic E-state index is -0.180. The topological polar surface area (TPSA) is 41.4 Å². The summed E-state index contributed by atoms with van der Waals surface area (Å²) in [5.41, 5.74) is 3.58. The quantitative estimate of drug-likeness (QED) is 0.149. The summed E-state index contributed by atoms with van der Waals surface area (Å²) in [7, 11) is 0. The van der Waals surface area contributed by atoms with Crippen molar-refractivity contribution < 1.29 is 0 Å². The molecule has 0 spiro atoms. The number of benzene rings is 7. The van der Waals surface area contributed by atoms with Crippen LogP contribution < -0.4 is 10.6 Å². The largest absolute Gasteiger partial charge is 0.340 e. The van der Waals surface area contributed by atoms with E-state index in [0.29, 0.717) is 11.8 Å². The fourth-order valence-corrected chi connectivity index (χ4v) is 8.64. The van der Waals surface area contributed by atoms with Crippen molar-refractivity contribution in [2.45, 2.75) is 32.1 Å². The van der Waals surface area contributed by atoms with Gasteiger partial charge in [0.25, 0.3) is 0 Å². The maximum Gasteiger partial charge on any atom is 0.206 e. The summed E-state index contributed by atoms with van der Waals surface area (Å²) in [6, 6.07) is 46.5. The first kappa shape index (κ1) is 27.6. The molecule has 0 amide bonds. The van der Waals surface area contributed by atoms with Crippen LogP contribution in [0.3, 0.4) is 0 Å². The Morgan fingerprint density at radius 3 is 2.06 bits per heavy atom. The number of aliphatic imine (C=N–C) groups is 1. The Morgan fingerprint density at radius 2 is 1.27 bits per heavy atom. The van der Waals surface area contributed by atoms with Gasteiger partial charge in [0.1, 0.15) is 6.17 Å². The lowest BCUT2D eigenvalue weighted by molar-refractivity contribution is 0.228. The van der Waals surface area contributed by atoms with Crippen LogP contribution in [0.25, 0.3) is 64.9 Å². The van der Waals surface area contributed by atoms with Crippen LogP contribution in [0.1, 0.15) is 31.5 Å². The molecule has 48 heavy (non-hydrogen) atoms. The molecule has 4 unspecified atom stereocenters. The van der Waals surface area contributed by atoms with Crippen LogP contribution in [0.5, 0.6) is 0 Å². The summed E-state index contributed by atoms with van der Waals surface area (Å²) < 4.78 is 2.48. The fourth-order valence-electron chi connectivity index (χ4n) is 8.64. The molecule has 232 valence electrons. The Bertz CT molecular complexity index is 2610. The number of aromatic nitrogens is 1. The van der Waals surface area contributed by atoms with Crippen LogP contribution in [-0.4, -0.2) is 16.7 Å². The number of nitrogens with zero attached hydrogens (tertiary/aromatic N) is 2. The van der Waals surface area contributed by atoms with Gasteiger partial charge < -0.3 is 5.32 Å². The Balaban J connectivity index is 1.38. The lowest BCUT2D eigenvalue weighted by Crippen LogP contribution is -2.57. The number of allylic oxidation sites excluding steroid dienone is 2. The molecule has 8 aromatic rings. The zero-order valence-corrected chi connectivity index (χ0v) is 26.9. The monoisotopic (exact) mass is 620 g/mol. The van der Waals surface area contributed by atoms with E-state index in [4.69, 9.17) is 4.99 Å². The number of hydrogen-bond donors (Lipinski definition) is 2. The molecule has 1 aliphatic carbocycles. The second-order valence-electron chi connectivity index (χ2n) is 13.6. The zero-order chi connectivity index (χ0) is 31.8. The zero-order valence-electron chi connectivity index (χ0n) is 26.9. The van der Waals surface area contributed by atoms with E-state index in [1.54, 1.807) is 0 Å². The van der Waals surface area contributed by atoms with Crippen molar-refractivity contribution in [1.82, 2.24) is 15.2 Å². The third-order valence-corrected chi connectivity index (χ3v) is 10.9.